The Morgan fingerprint density at radius 3 is 2.80 bits per heavy atom. The van der Waals surface area contributed by atoms with Crippen molar-refractivity contribution in [3.8, 4) is 0 Å². The van der Waals surface area contributed by atoms with Crippen molar-refractivity contribution in [1.82, 2.24) is 9.80 Å². The van der Waals surface area contributed by atoms with Gasteiger partial charge in [-0.15, -0.1) is 0 Å². The Morgan fingerprint density at radius 2 is 2.05 bits per heavy atom. The number of methoxy groups -OCH3 is 1. The molecule has 0 unspecified atom stereocenters. The standard InChI is InChI=1S/C15H26N2O3/c1-19-12-15-6-4-10-20-13(15)5-9-17(11-15)14(18)16-7-2-3-8-16/h13H,2-12H2,1H3/t13-,15-/m0/s1. The van der Waals surface area contributed by atoms with Gasteiger partial charge in [-0.3, -0.25) is 0 Å². The third kappa shape index (κ3) is 2.53. The van der Waals surface area contributed by atoms with E-state index >= 15 is 0 Å². The predicted molar refractivity (Wildman–Crippen MR) is 75.7 cm³/mol. The highest BCUT2D eigenvalue weighted by Crippen LogP contribution is 2.40. The van der Waals surface area contributed by atoms with E-state index in [1.807, 2.05) is 9.80 Å². The third-order valence-corrected chi connectivity index (χ3v) is 5.07. The summed E-state index contributed by atoms with van der Waals surface area (Å²) >= 11 is 0. The molecule has 0 spiro atoms. The normalized spacial score (nSPS) is 34.1. The molecule has 3 heterocycles. The fourth-order valence-electron chi connectivity index (χ4n) is 4.06. The number of hydrogen-bond donors (Lipinski definition) is 0. The van der Waals surface area contributed by atoms with Gasteiger partial charge in [0.1, 0.15) is 0 Å². The number of piperidine rings is 1. The van der Waals surface area contributed by atoms with Crippen LogP contribution in [0.2, 0.25) is 0 Å². The second-order valence-electron chi connectivity index (χ2n) is 6.45. The molecule has 0 N–H and O–H groups in total. The molecule has 20 heavy (non-hydrogen) atoms. The first-order valence-electron chi connectivity index (χ1n) is 7.90. The Bertz CT molecular complexity index is 353. The number of carbonyl (C=O) groups excluding carboxylic acids is 1. The first-order valence-corrected chi connectivity index (χ1v) is 7.90. The van der Waals surface area contributed by atoms with E-state index in [0.29, 0.717) is 6.61 Å². The van der Waals surface area contributed by atoms with Gasteiger partial charge in [-0.1, -0.05) is 0 Å². The lowest BCUT2D eigenvalue weighted by molar-refractivity contribution is -0.142. The van der Waals surface area contributed by atoms with E-state index in [4.69, 9.17) is 9.47 Å². The minimum Gasteiger partial charge on any atom is -0.384 e. The second kappa shape index (κ2) is 5.90. The molecule has 5 heteroatoms. The van der Waals surface area contributed by atoms with E-state index in [0.717, 1.165) is 64.9 Å². The Morgan fingerprint density at radius 1 is 1.25 bits per heavy atom. The number of nitrogens with zero attached hydrogens (tertiary/aromatic N) is 2. The first-order chi connectivity index (χ1) is 9.75. The van der Waals surface area contributed by atoms with Crippen molar-refractivity contribution >= 4 is 6.03 Å². The van der Waals surface area contributed by atoms with Crippen molar-refractivity contribution in [1.29, 1.82) is 0 Å². The van der Waals surface area contributed by atoms with E-state index in [1.165, 1.54) is 0 Å². The summed E-state index contributed by atoms with van der Waals surface area (Å²) in [6.45, 7) is 5.02. The van der Waals surface area contributed by atoms with E-state index in [9.17, 15) is 4.79 Å². The van der Waals surface area contributed by atoms with Crippen LogP contribution < -0.4 is 0 Å². The van der Waals surface area contributed by atoms with Gasteiger partial charge in [0.2, 0.25) is 0 Å². The van der Waals surface area contributed by atoms with Gasteiger partial charge in [-0.05, 0) is 32.1 Å². The van der Waals surface area contributed by atoms with E-state index in [1.54, 1.807) is 7.11 Å². The van der Waals surface area contributed by atoms with Crippen LogP contribution in [0.4, 0.5) is 4.79 Å². The molecule has 3 saturated heterocycles. The monoisotopic (exact) mass is 282 g/mol. The molecule has 2 amide bonds. The smallest absolute Gasteiger partial charge is 0.320 e. The average Bonchev–Trinajstić information content (AvgIpc) is 3.00. The molecule has 2 atom stereocenters. The van der Waals surface area contributed by atoms with E-state index in [-0.39, 0.29) is 17.6 Å². The number of carbonyl (C=O) groups is 1. The molecule has 3 fully saturated rings. The van der Waals surface area contributed by atoms with Crippen LogP contribution in [-0.4, -0.2) is 68.4 Å². The summed E-state index contributed by atoms with van der Waals surface area (Å²) in [5.74, 6) is 0. The molecular weight excluding hydrogens is 256 g/mol. The molecule has 0 saturated carbocycles. The van der Waals surface area contributed by atoms with E-state index in [2.05, 4.69) is 0 Å². The van der Waals surface area contributed by atoms with Gasteiger partial charge in [-0.2, -0.15) is 0 Å². The lowest BCUT2D eigenvalue weighted by Crippen LogP contribution is -2.59. The number of rotatable bonds is 2. The lowest BCUT2D eigenvalue weighted by atomic mass is 9.73. The summed E-state index contributed by atoms with van der Waals surface area (Å²) in [4.78, 5) is 16.6. The topological polar surface area (TPSA) is 42.0 Å². The summed E-state index contributed by atoms with van der Waals surface area (Å²) < 4.78 is 11.4. The van der Waals surface area contributed by atoms with Crippen molar-refractivity contribution in [2.75, 3.05) is 46.5 Å². The van der Waals surface area contributed by atoms with Crippen molar-refractivity contribution in [3.05, 3.63) is 0 Å². The summed E-state index contributed by atoms with van der Waals surface area (Å²) in [5.41, 5.74) is 0.0145. The molecular formula is C15H26N2O3. The Balaban J connectivity index is 1.70. The number of urea groups is 1. The fourth-order valence-corrected chi connectivity index (χ4v) is 4.06. The molecule has 0 bridgehead atoms. The van der Waals surface area contributed by atoms with Crippen LogP contribution in [0, 0.1) is 5.41 Å². The van der Waals surface area contributed by atoms with Gasteiger partial charge in [0, 0.05) is 45.3 Å². The van der Waals surface area contributed by atoms with Gasteiger partial charge in [0.15, 0.2) is 0 Å². The molecule has 0 aromatic heterocycles. The minimum atomic E-state index is 0.0145. The lowest BCUT2D eigenvalue weighted by Gasteiger charge is -2.50. The van der Waals surface area contributed by atoms with Gasteiger partial charge in [-0.25, -0.2) is 4.79 Å². The van der Waals surface area contributed by atoms with Crippen LogP contribution in [-0.2, 0) is 9.47 Å². The zero-order valence-electron chi connectivity index (χ0n) is 12.5. The molecule has 114 valence electrons. The van der Waals surface area contributed by atoms with Crippen molar-refractivity contribution in [2.24, 2.45) is 5.41 Å². The summed E-state index contributed by atoms with van der Waals surface area (Å²) in [7, 11) is 1.75. The zero-order valence-corrected chi connectivity index (χ0v) is 12.5. The minimum absolute atomic E-state index is 0.0145. The molecule has 3 aliphatic heterocycles. The number of likely N-dealkylation sites (tertiary alicyclic amines) is 2. The molecule has 0 aromatic rings. The van der Waals surface area contributed by atoms with Gasteiger partial charge < -0.3 is 19.3 Å². The highest BCUT2D eigenvalue weighted by Gasteiger charge is 2.47. The first kappa shape index (κ1) is 14.1. The van der Waals surface area contributed by atoms with Crippen LogP contribution >= 0.6 is 0 Å². The van der Waals surface area contributed by atoms with Crippen LogP contribution in [0.15, 0.2) is 0 Å². The Labute approximate surface area is 121 Å². The fraction of sp³-hybridized carbons (Fsp3) is 0.933. The molecule has 0 aromatic carbocycles. The molecule has 3 aliphatic rings. The van der Waals surface area contributed by atoms with Crippen LogP contribution in [0.1, 0.15) is 32.1 Å². The zero-order chi connectivity index (χ0) is 14.0. The molecule has 0 radical (unpaired) electrons. The maximum absolute atomic E-state index is 12.6. The average molecular weight is 282 g/mol. The van der Waals surface area contributed by atoms with Gasteiger partial charge >= 0.3 is 6.03 Å². The Kier molecular flexibility index (Phi) is 4.17. The molecule has 3 rings (SSSR count). The van der Waals surface area contributed by atoms with E-state index < -0.39 is 0 Å². The second-order valence-corrected chi connectivity index (χ2v) is 6.45. The summed E-state index contributed by atoms with van der Waals surface area (Å²) in [6, 6.07) is 0.224. The number of amides is 2. The summed E-state index contributed by atoms with van der Waals surface area (Å²) in [6.07, 6.45) is 5.69. The largest absolute Gasteiger partial charge is 0.384 e. The van der Waals surface area contributed by atoms with Gasteiger partial charge in [0.05, 0.1) is 12.7 Å². The van der Waals surface area contributed by atoms with Crippen LogP contribution in [0.25, 0.3) is 0 Å². The SMILES string of the molecule is COC[C@@]12CCCO[C@H]1CCN(C(=O)N1CCCC1)C2. The maximum Gasteiger partial charge on any atom is 0.320 e. The predicted octanol–water partition coefficient (Wildman–Crippen LogP) is 1.72. The van der Waals surface area contributed by atoms with Crippen molar-refractivity contribution in [2.45, 2.75) is 38.2 Å². The number of ether oxygens (including phenoxy) is 2. The highest BCUT2D eigenvalue weighted by atomic mass is 16.5. The molecule has 5 nitrogen and oxygen atoms in total. The van der Waals surface area contributed by atoms with Crippen LogP contribution in [0.3, 0.4) is 0 Å². The molecule has 0 aliphatic carbocycles. The number of fused-ring (bicyclic) bond motifs is 1. The van der Waals surface area contributed by atoms with Crippen molar-refractivity contribution in [3.63, 3.8) is 0 Å². The third-order valence-electron chi connectivity index (χ3n) is 5.07. The Hall–Kier alpha value is -0.810. The highest BCUT2D eigenvalue weighted by molar-refractivity contribution is 5.75. The quantitative estimate of drug-likeness (QED) is 0.774. The number of hydrogen-bond acceptors (Lipinski definition) is 3. The maximum atomic E-state index is 12.6. The van der Waals surface area contributed by atoms with Crippen molar-refractivity contribution < 1.29 is 14.3 Å². The van der Waals surface area contributed by atoms with Gasteiger partial charge in [0.25, 0.3) is 0 Å². The van der Waals surface area contributed by atoms with Crippen LogP contribution in [0.5, 0.6) is 0 Å². The summed E-state index contributed by atoms with van der Waals surface area (Å²) in [5, 5.41) is 0.